The molecule has 3 rings (SSSR count). The number of nitrogens with zero attached hydrogens (tertiary/aromatic N) is 2. The Kier molecular flexibility index (Phi) is 5.20. The second-order valence-corrected chi connectivity index (χ2v) is 6.61. The van der Waals surface area contributed by atoms with E-state index in [2.05, 4.69) is 10.3 Å². The summed E-state index contributed by atoms with van der Waals surface area (Å²) in [6.45, 7) is 2.21. The van der Waals surface area contributed by atoms with E-state index in [9.17, 15) is 9.59 Å². The van der Waals surface area contributed by atoms with Crippen molar-refractivity contribution < 1.29 is 14.0 Å². The van der Waals surface area contributed by atoms with Crippen LogP contribution in [0.5, 0.6) is 0 Å². The number of nitrogens with one attached hydrogen (secondary N) is 1. The average Bonchev–Trinajstić information content (AvgIpc) is 3.28. The van der Waals surface area contributed by atoms with Gasteiger partial charge >= 0.3 is 0 Å². The summed E-state index contributed by atoms with van der Waals surface area (Å²) >= 11 is 1.58. The van der Waals surface area contributed by atoms with Crippen LogP contribution < -0.4 is 5.32 Å². The molecule has 0 spiro atoms. The Balaban J connectivity index is 1.71. The summed E-state index contributed by atoms with van der Waals surface area (Å²) < 4.78 is 5.13. The third-order valence-corrected chi connectivity index (χ3v) is 5.23. The van der Waals surface area contributed by atoms with Crippen LogP contribution in [0.2, 0.25) is 0 Å². The maximum absolute atomic E-state index is 12.6. The SMILES string of the molecule is CCC(=O)N1C(C(=O)NCc2cccnc2)CSC1c1ccoc1. The molecule has 1 N–H and O–H groups in total. The van der Waals surface area contributed by atoms with Crippen molar-refractivity contribution in [3.8, 4) is 0 Å². The molecule has 2 aromatic heterocycles. The first-order chi connectivity index (χ1) is 11.7. The fourth-order valence-corrected chi connectivity index (χ4v) is 4.11. The first kappa shape index (κ1) is 16.6. The summed E-state index contributed by atoms with van der Waals surface area (Å²) in [5, 5.41) is 2.73. The molecule has 0 radical (unpaired) electrons. The van der Waals surface area contributed by atoms with Crippen LogP contribution in [0.4, 0.5) is 0 Å². The molecule has 2 atom stereocenters. The van der Waals surface area contributed by atoms with E-state index in [0.717, 1.165) is 11.1 Å². The largest absolute Gasteiger partial charge is 0.472 e. The Hall–Kier alpha value is -2.28. The van der Waals surface area contributed by atoms with Gasteiger partial charge in [-0.1, -0.05) is 13.0 Å². The van der Waals surface area contributed by atoms with Crippen molar-refractivity contribution in [2.24, 2.45) is 0 Å². The number of pyridine rings is 1. The molecule has 3 heterocycles. The van der Waals surface area contributed by atoms with Crippen molar-refractivity contribution in [3.05, 3.63) is 54.2 Å². The lowest BCUT2D eigenvalue weighted by atomic mass is 10.2. The van der Waals surface area contributed by atoms with E-state index in [1.165, 1.54) is 0 Å². The Morgan fingerprint density at radius 1 is 1.46 bits per heavy atom. The summed E-state index contributed by atoms with van der Waals surface area (Å²) in [6, 6.07) is 5.09. The van der Waals surface area contributed by atoms with Crippen molar-refractivity contribution in [2.75, 3.05) is 5.75 Å². The Bertz CT molecular complexity index is 690. The van der Waals surface area contributed by atoms with Gasteiger partial charge in [-0.15, -0.1) is 11.8 Å². The Labute approximate surface area is 144 Å². The van der Waals surface area contributed by atoms with Crippen LogP contribution in [-0.2, 0) is 16.1 Å². The Morgan fingerprint density at radius 3 is 3.00 bits per heavy atom. The minimum absolute atomic E-state index is 0.0345. The number of furan rings is 1. The molecule has 0 bridgehead atoms. The van der Waals surface area contributed by atoms with Crippen LogP contribution in [0.3, 0.4) is 0 Å². The summed E-state index contributed by atoms with van der Waals surface area (Å²) in [5.74, 6) is 0.396. The number of carbonyl (C=O) groups is 2. The Morgan fingerprint density at radius 2 is 2.33 bits per heavy atom. The summed E-state index contributed by atoms with van der Waals surface area (Å²) in [5.41, 5.74) is 1.83. The second-order valence-electron chi connectivity index (χ2n) is 5.49. The van der Waals surface area contributed by atoms with Crippen LogP contribution in [0, 0.1) is 0 Å². The molecule has 1 saturated heterocycles. The van der Waals surface area contributed by atoms with Crippen LogP contribution in [0.1, 0.15) is 29.8 Å². The van der Waals surface area contributed by atoms with Crippen LogP contribution >= 0.6 is 11.8 Å². The van der Waals surface area contributed by atoms with Gasteiger partial charge in [0, 0.05) is 36.7 Å². The van der Waals surface area contributed by atoms with Gasteiger partial charge in [-0.05, 0) is 17.7 Å². The van der Waals surface area contributed by atoms with E-state index in [0.29, 0.717) is 18.7 Å². The van der Waals surface area contributed by atoms with E-state index < -0.39 is 6.04 Å². The highest BCUT2D eigenvalue weighted by Crippen LogP contribution is 2.41. The van der Waals surface area contributed by atoms with Crippen molar-refractivity contribution in [3.63, 3.8) is 0 Å². The normalized spacial score (nSPS) is 20.1. The lowest BCUT2D eigenvalue weighted by Crippen LogP contribution is -2.47. The van der Waals surface area contributed by atoms with Gasteiger partial charge in [0.2, 0.25) is 11.8 Å². The average molecular weight is 345 g/mol. The quantitative estimate of drug-likeness (QED) is 0.900. The summed E-state index contributed by atoms with van der Waals surface area (Å²) in [4.78, 5) is 30.7. The number of hydrogen-bond acceptors (Lipinski definition) is 5. The molecule has 1 fully saturated rings. The lowest BCUT2D eigenvalue weighted by molar-refractivity contribution is -0.139. The minimum Gasteiger partial charge on any atom is -0.472 e. The van der Waals surface area contributed by atoms with Gasteiger partial charge < -0.3 is 14.6 Å². The number of aromatic nitrogens is 1. The van der Waals surface area contributed by atoms with Gasteiger partial charge in [0.05, 0.1) is 12.5 Å². The molecule has 0 saturated carbocycles. The molecule has 2 unspecified atom stereocenters. The fraction of sp³-hybridized carbons (Fsp3) is 0.353. The molecule has 24 heavy (non-hydrogen) atoms. The highest BCUT2D eigenvalue weighted by atomic mass is 32.2. The lowest BCUT2D eigenvalue weighted by Gasteiger charge is -2.28. The molecular weight excluding hydrogens is 326 g/mol. The molecule has 1 aliphatic heterocycles. The van der Waals surface area contributed by atoms with Crippen LogP contribution in [-0.4, -0.2) is 33.5 Å². The fourth-order valence-electron chi connectivity index (χ4n) is 2.68. The number of rotatable bonds is 5. The van der Waals surface area contributed by atoms with Gasteiger partial charge in [0.15, 0.2) is 0 Å². The number of carbonyl (C=O) groups excluding carboxylic acids is 2. The summed E-state index contributed by atoms with van der Waals surface area (Å²) in [6.07, 6.45) is 6.98. The highest BCUT2D eigenvalue weighted by molar-refractivity contribution is 7.99. The zero-order valence-corrected chi connectivity index (χ0v) is 14.2. The molecule has 126 valence electrons. The first-order valence-electron chi connectivity index (χ1n) is 7.82. The smallest absolute Gasteiger partial charge is 0.243 e. The second kappa shape index (κ2) is 7.53. The molecule has 2 aromatic rings. The maximum Gasteiger partial charge on any atom is 0.243 e. The third kappa shape index (κ3) is 3.46. The number of hydrogen-bond donors (Lipinski definition) is 1. The zero-order valence-electron chi connectivity index (χ0n) is 13.3. The molecule has 1 aliphatic rings. The van der Waals surface area contributed by atoms with Gasteiger partial charge in [-0.2, -0.15) is 0 Å². The topological polar surface area (TPSA) is 75.4 Å². The van der Waals surface area contributed by atoms with E-state index in [-0.39, 0.29) is 17.2 Å². The van der Waals surface area contributed by atoms with E-state index in [4.69, 9.17) is 4.42 Å². The molecular formula is C17H19N3O3S. The minimum atomic E-state index is -0.473. The molecule has 7 heteroatoms. The van der Waals surface area contributed by atoms with Gasteiger partial charge in [-0.3, -0.25) is 14.6 Å². The van der Waals surface area contributed by atoms with Crippen molar-refractivity contribution >= 4 is 23.6 Å². The van der Waals surface area contributed by atoms with Crippen LogP contribution in [0.15, 0.2) is 47.5 Å². The number of thioether (sulfide) groups is 1. The predicted octanol–water partition coefficient (Wildman–Crippen LogP) is 2.34. The van der Waals surface area contributed by atoms with Crippen LogP contribution in [0.25, 0.3) is 0 Å². The van der Waals surface area contributed by atoms with E-state index in [1.807, 2.05) is 25.1 Å². The molecule has 0 aromatic carbocycles. The maximum atomic E-state index is 12.6. The first-order valence-corrected chi connectivity index (χ1v) is 8.87. The van der Waals surface area contributed by atoms with Crippen molar-refractivity contribution in [1.82, 2.24) is 15.2 Å². The highest BCUT2D eigenvalue weighted by Gasteiger charge is 2.41. The molecule has 2 amide bonds. The standard InChI is InChI=1S/C17H19N3O3S/c1-2-15(21)20-14(11-24-17(20)13-5-7-23-10-13)16(22)19-9-12-4-3-6-18-8-12/h3-8,10,14,17H,2,9,11H2,1H3,(H,19,22). The monoisotopic (exact) mass is 345 g/mol. The predicted molar refractivity (Wildman–Crippen MR) is 90.9 cm³/mol. The van der Waals surface area contributed by atoms with Crippen molar-refractivity contribution in [2.45, 2.75) is 31.3 Å². The van der Waals surface area contributed by atoms with Gasteiger partial charge in [-0.25, -0.2) is 0 Å². The van der Waals surface area contributed by atoms with Gasteiger partial charge in [0.25, 0.3) is 0 Å². The third-order valence-electron chi connectivity index (χ3n) is 3.91. The van der Waals surface area contributed by atoms with Crippen molar-refractivity contribution in [1.29, 1.82) is 0 Å². The number of amides is 2. The van der Waals surface area contributed by atoms with E-state index >= 15 is 0 Å². The molecule has 6 nitrogen and oxygen atoms in total. The molecule has 0 aliphatic carbocycles. The zero-order chi connectivity index (χ0) is 16.9. The van der Waals surface area contributed by atoms with Gasteiger partial charge in [0.1, 0.15) is 11.4 Å². The summed E-state index contributed by atoms with van der Waals surface area (Å²) in [7, 11) is 0. The van der Waals surface area contributed by atoms with E-state index in [1.54, 1.807) is 41.6 Å².